The Morgan fingerprint density at radius 3 is 2.46 bits per heavy atom. The van der Waals surface area contributed by atoms with Gasteiger partial charge in [0.05, 0.1) is 16.5 Å². The molecule has 1 aliphatic rings. The van der Waals surface area contributed by atoms with E-state index >= 15 is 0 Å². The molecule has 0 saturated carbocycles. The van der Waals surface area contributed by atoms with E-state index in [-0.39, 0.29) is 4.90 Å². The van der Waals surface area contributed by atoms with Gasteiger partial charge in [-0.05, 0) is 24.6 Å². The number of nitrogens with zero attached hydrogens (tertiary/aromatic N) is 1. The van der Waals surface area contributed by atoms with Crippen molar-refractivity contribution >= 4 is 20.9 Å². The summed E-state index contributed by atoms with van der Waals surface area (Å²) in [4.78, 5) is 0.247. The Morgan fingerprint density at radius 2 is 1.67 bits per heavy atom. The summed E-state index contributed by atoms with van der Waals surface area (Å²) in [6.07, 6.45) is 4.10. The first kappa shape index (κ1) is 15.2. The highest BCUT2D eigenvalue weighted by molar-refractivity contribution is 7.90. The van der Waals surface area contributed by atoms with Crippen LogP contribution in [0, 0.1) is 0 Å². The molecule has 3 aromatic rings. The summed E-state index contributed by atoms with van der Waals surface area (Å²) in [5, 5.41) is 11.3. The second-order valence-electron chi connectivity index (χ2n) is 5.89. The Kier molecular flexibility index (Phi) is 3.55. The lowest BCUT2D eigenvalue weighted by Crippen LogP contribution is -2.16. The molecule has 122 valence electrons. The number of hydrogen-bond donors (Lipinski definition) is 1. The molecule has 0 spiro atoms. The van der Waals surface area contributed by atoms with Crippen LogP contribution in [0.3, 0.4) is 0 Å². The van der Waals surface area contributed by atoms with E-state index in [2.05, 4.69) is 0 Å². The molecule has 1 aromatic heterocycles. The third-order valence-corrected chi connectivity index (χ3v) is 6.19. The van der Waals surface area contributed by atoms with E-state index in [9.17, 15) is 13.5 Å². The number of para-hydroxylation sites is 1. The highest BCUT2D eigenvalue weighted by Crippen LogP contribution is 2.37. The third kappa shape index (κ3) is 2.20. The number of fused-ring (bicyclic) bond motifs is 3. The number of aliphatic hydroxyl groups is 1. The van der Waals surface area contributed by atoms with Gasteiger partial charge in [0.15, 0.2) is 0 Å². The summed E-state index contributed by atoms with van der Waals surface area (Å²) < 4.78 is 27.9. The Hall–Kier alpha value is -2.37. The maximum atomic E-state index is 13.3. The summed E-state index contributed by atoms with van der Waals surface area (Å²) in [5.74, 6) is 0. The van der Waals surface area contributed by atoms with Gasteiger partial charge >= 0.3 is 0 Å². The topological polar surface area (TPSA) is 59.3 Å². The van der Waals surface area contributed by atoms with Crippen molar-refractivity contribution in [3.05, 3.63) is 78.0 Å². The van der Waals surface area contributed by atoms with Crippen molar-refractivity contribution in [1.82, 2.24) is 3.97 Å². The molecule has 1 aliphatic carbocycles. The molecule has 1 N–H and O–H groups in total. The van der Waals surface area contributed by atoms with Crippen LogP contribution < -0.4 is 0 Å². The van der Waals surface area contributed by atoms with Crippen LogP contribution in [-0.4, -0.2) is 17.5 Å². The first-order valence-corrected chi connectivity index (χ1v) is 9.30. The molecule has 5 heteroatoms. The van der Waals surface area contributed by atoms with Crippen molar-refractivity contribution in [3.8, 4) is 0 Å². The predicted octanol–water partition coefficient (Wildman–Crippen LogP) is 3.41. The van der Waals surface area contributed by atoms with Crippen LogP contribution in [0.2, 0.25) is 0 Å². The van der Waals surface area contributed by atoms with E-state index in [0.717, 1.165) is 10.9 Å². The summed E-state index contributed by atoms with van der Waals surface area (Å²) in [5.41, 5.74) is 1.97. The van der Waals surface area contributed by atoms with Crippen LogP contribution in [0.25, 0.3) is 10.9 Å². The summed E-state index contributed by atoms with van der Waals surface area (Å²) in [6, 6.07) is 15.8. The molecule has 0 fully saturated rings. The minimum Gasteiger partial charge on any atom is -0.388 e. The van der Waals surface area contributed by atoms with Gasteiger partial charge in [-0.1, -0.05) is 48.6 Å². The first-order valence-electron chi connectivity index (χ1n) is 7.86. The van der Waals surface area contributed by atoms with Crippen molar-refractivity contribution in [2.24, 2.45) is 0 Å². The molecule has 2 aromatic carbocycles. The normalized spacial score (nSPS) is 17.6. The van der Waals surface area contributed by atoms with E-state index in [1.165, 1.54) is 3.97 Å². The van der Waals surface area contributed by atoms with Gasteiger partial charge in [0.25, 0.3) is 10.0 Å². The average Bonchev–Trinajstić information content (AvgIpc) is 2.82. The fourth-order valence-electron chi connectivity index (χ4n) is 3.36. The molecule has 4 nitrogen and oxygen atoms in total. The molecule has 0 aliphatic heterocycles. The number of aromatic nitrogens is 1. The molecule has 24 heavy (non-hydrogen) atoms. The van der Waals surface area contributed by atoms with Crippen LogP contribution in [-0.2, 0) is 16.4 Å². The average molecular weight is 339 g/mol. The van der Waals surface area contributed by atoms with E-state index in [0.29, 0.717) is 24.1 Å². The summed E-state index contributed by atoms with van der Waals surface area (Å²) in [7, 11) is -3.73. The molecule has 0 radical (unpaired) electrons. The van der Waals surface area contributed by atoms with Crippen molar-refractivity contribution in [1.29, 1.82) is 0 Å². The Morgan fingerprint density at radius 1 is 0.958 bits per heavy atom. The second-order valence-corrected chi connectivity index (χ2v) is 7.67. The summed E-state index contributed by atoms with van der Waals surface area (Å²) >= 11 is 0. The van der Waals surface area contributed by atoms with E-state index < -0.39 is 16.1 Å². The van der Waals surface area contributed by atoms with E-state index in [1.54, 1.807) is 36.4 Å². The van der Waals surface area contributed by atoms with Crippen LogP contribution in [0.5, 0.6) is 0 Å². The van der Waals surface area contributed by atoms with Gasteiger partial charge in [-0.2, -0.15) is 0 Å². The van der Waals surface area contributed by atoms with Gasteiger partial charge < -0.3 is 5.11 Å². The fraction of sp³-hybridized carbons (Fsp3) is 0.158. The molecular weight excluding hydrogens is 322 g/mol. The maximum absolute atomic E-state index is 13.3. The van der Waals surface area contributed by atoms with Crippen molar-refractivity contribution in [2.75, 3.05) is 0 Å². The standard InChI is InChI=1S/C19H17NO3S/c21-18-13-7-6-12-17-19(18)15-10-4-5-11-16(15)20(17)24(22,23)14-8-2-1-3-9-14/h1-11,18,21H,12-13H2. The Bertz CT molecular complexity index is 1030. The van der Waals surface area contributed by atoms with Gasteiger partial charge in [0.1, 0.15) is 0 Å². The first-order chi connectivity index (χ1) is 11.6. The highest BCUT2D eigenvalue weighted by atomic mass is 32.2. The second kappa shape index (κ2) is 5.61. The minimum atomic E-state index is -3.73. The van der Waals surface area contributed by atoms with Gasteiger partial charge in [0.2, 0.25) is 0 Å². The van der Waals surface area contributed by atoms with Crippen molar-refractivity contribution < 1.29 is 13.5 Å². The van der Waals surface area contributed by atoms with Gasteiger partial charge in [-0.15, -0.1) is 0 Å². The Balaban J connectivity index is 2.10. The maximum Gasteiger partial charge on any atom is 0.268 e. The zero-order valence-electron chi connectivity index (χ0n) is 13.0. The molecule has 4 rings (SSSR count). The Labute approximate surface area is 140 Å². The summed E-state index contributed by atoms with van der Waals surface area (Å²) in [6.45, 7) is 0. The monoisotopic (exact) mass is 339 g/mol. The van der Waals surface area contributed by atoms with Gasteiger partial charge in [-0.3, -0.25) is 0 Å². The van der Waals surface area contributed by atoms with Crippen LogP contribution in [0.1, 0.15) is 23.8 Å². The lowest BCUT2D eigenvalue weighted by Gasteiger charge is -2.12. The molecule has 0 saturated heterocycles. The molecular formula is C19H17NO3S. The number of benzene rings is 2. The smallest absolute Gasteiger partial charge is 0.268 e. The number of hydrogen-bond acceptors (Lipinski definition) is 3. The zero-order valence-corrected chi connectivity index (χ0v) is 13.8. The molecule has 1 heterocycles. The van der Waals surface area contributed by atoms with Crippen molar-refractivity contribution in [2.45, 2.75) is 23.8 Å². The molecule has 1 atom stereocenters. The van der Waals surface area contributed by atoms with E-state index in [4.69, 9.17) is 0 Å². The molecule has 0 amide bonds. The fourth-order valence-corrected chi connectivity index (χ4v) is 4.96. The zero-order chi connectivity index (χ0) is 16.7. The van der Waals surface area contributed by atoms with Crippen molar-refractivity contribution in [3.63, 3.8) is 0 Å². The lowest BCUT2D eigenvalue weighted by molar-refractivity contribution is 0.183. The van der Waals surface area contributed by atoms with Gasteiger partial charge in [0, 0.05) is 23.1 Å². The molecule has 1 unspecified atom stereocenters. The number of rotatable bonds is 2. The predicted molar refractivity (Wildman–Crippen MR) is 93.4 cm³/mol. The molecule has 0 bridgehead atoms. The minimum absolute atomic E-state index is 0.247. The number of allylic oxidation sites excluding steroid dienone is 1. The quantitative estimate of drug-likeness (QED) is 0.728. The SMILES string of the molecule is O=S(=O)(c1ccccc1)n1c2c(c3ccccc31)C(O)CC=CC2. The van der Waals surface area contributed by atoms with E-state index in [1.807, 2.05) is 30.4 Å². The largest absolute Gasteiger partial charge is 0.388 e. The van der Waals surface area contributed by atoms with Crippen LogP contribution in [0.4, 0.5) is 0 Å². The van der Waals surface area contributed by atoms with Crippen LogP contribution >= 0.6 is 0 Å². The highest BCUT2D eigenvalue weighted by Gasteiger charge is 2.29. The lowest BCUT2D eigenvalue weighted by atomic mass is 10.0. The van der Waals surface area contributed by atoms with Crippen LogP contribution in [0.15, 0.2) is 71.6 Å². The van der Waals surface area contributed by atoms with Gasteiger partial charge in [-0.25, -0.2) is 12.4 Å². The number of aliphatic hydroxyl groups excluding tert-OH is 1. The third-order valence-electron chi connectivity index (χ3n) is 4.42.